The lowest BCUT2D eigenvalue weighted by Gasteiger charge is -2.11. The monoisotopic (exact) mass is 396 g/mol. The second-order valence-electron chi connectivity index (χ2n) is 6.50. The van der Waals surface area contributed by atoms with Gasteiger partial charge in [-0.3, -0.25) is 0 Å². The minimum atomic E-state index is 0.651. The molecule has 7 heteroatoms. The van der Waals surface area contributed by atoms with Crippen LogP contribution in [0.5, 0.6) is 0 Å². The van der Waals surface area contributed by atoms with E-state index in [-0.39, 0.29) is 0 Å². The van der Waals surface area contributed by atoms with Gasteiger partial charge in [0.15, 0.2) is 5.96 Å². The molecule has 0 spiro atoms. The molecule has 0 unspecified atom stereocenters. The number of aromatic nitrogens is 3. The maximum Gasteiger partial charge on any atom is 0.191 e. The summed E-state index contributed by atoms with van der Waals surface area (Å²) in [5, 5.41) is 7.89. The maximum absolute atomic E-state index is 4.70. The van der Waals surface area contributed by atoms with Gasteiger partial charge >= 0.3 is 0 Å². The van der Waals surface area contributed by atoms with E-state index in [9.17, 15) is 0 Å². The van der Waals surface area contributed by atoms with Gasteiger partial charge in [-0.15, -0.1) is 11.3 Å². The first-order valence-corrected chi connectivity index (χ1v) is 10.6. The van der Waals surface area contributed by atoms with Crippen molar-refractivity contribution in [1.82, 2.24) is 25.2 Å². The summed E-state index contributed by atoms with van der Waals surface area (Å²) >= 11 is 1.79. The Morgan fingerprint density at radius 3 is 2.64 bits per heavy atom. The first-order chi connectivity index (χ1) is 13.8. The summed E-state index contributed by atoms with van der Waals surface area (Å²) in [5.74, 6) is 0.845. The molecule has 0 atom stereocenters. The second-order valence-corrected chi connectivity index (χ2v) is 7.70. The molecule has 6 nitrogen and oxygen atoms in total. The fraction of sp³-hybridized carbons (Fsp3) is 0.381. The highest BCUT2D eigenvalue weighted by Crippen LogP contribution is 2.13. The van der Waals surface area contributed by atoms with Crippen LogP contribution in [0, 0.1) is 0 Å². The number of guanidine groups is 1. The Morgan fingerprint density at radius 1 is 1.14 bits per heavy atom. The second kappa shape index (κ2) is 10.6. The number of hydrogen-bond acceptors (Lipinski definition) is 4. The number of rotatable bonds is 9. The zero-order chi connectivity index (χ0) is 19.6. The third-order valence-electron chi connectivity index (χ3n) is 4.29. The van der Waals surface area contributed by atoms with Gasteiger partial charge in [0.05, 0.1) is 17.9 Å². The molecule has 148 valence electrons. The van der Waals surface area contributed by atoms with E-state index in [1.54, 1.807) is 17.5 Å². The van der Waals surface area contributed by atoms with Crippen LogP contribution in [0.2, 0.25) is 0 Å². The summed E-state index contributed by atoms with van der Waals surface area (Å²) in [6.07, 6.45) is 9.56. The van der Waals surface area contributed by atoms with Crippen LogP contribution in [0.15, 0.2) is 54.2 Å². The number of nitrogens with zero attached hydrogens (tertiary/aromatic N) is 4. The lowest BCUT2D eigenvalue weighted by atomic mass is 10.1. The molecule has 3 rings (SSSR count). The molecule has 2 N–H and O–H groups in total. The lowest BCUT2D eigenvalue weighted by Crippen LogP contribution is -2.38. The standard InChI is InChI=1S/C21H28N6S/c1-3-19-14-25-20(28-19)9-10-24-21(23-4-2)26-13-17-5-7-18(8-6-17)15-27-12-11-22-16-27/h5-8,11-12,14,16H,3-4,9-10,13,15H2,1-2H3,(H2,23,24,26). The van der Waals surface area contributed by atoms with E-state index < -0.39 is 0 Å². The Balaban J connectivity index is 1.50. The van der Waals surface area contributed by atoms with Crippen molar-refractivity contribution >= 4 is 17.3 Å². The molecular formula is C21H28N6S. The number of imidazole rings is 1. The molecule has 0 aliphatic rings. The summed E-state index contributed by atoms with van der Waals surface area (Å²) < 4.78 is 2.06. The van der Waals surface area contributed by atoms with Crippen LogP contribution in [0.25, 0.3) is 0 Å². The van der Waals surface area contributed by atoms with Crippen molar-refractivity contribution in [3.8, 4) is 0 Å². The zero-order valence-electron chi connectivity index (χ0n) is 16.6. The van der Waals surface area contributed by atoms with Crippen LogP contribution >= 0.6 is 11.3 Å². The summed E-state index contributed by atoms with van der Waals surface area (Å²) in [4.78, 5) is 14.6. The van der Waals surface area contributed by atoms with E-state index in [0.29, 0.717) is 6.54 Å². The molecule has 28 heavy (non-hydrogen) atoms. The third-order valence-corrected chi connectivity index (χ3v) is 5.49. The van der Waals surface area contributed by atoms with Gasteiger partial charge in [0.2, 0.25) is 0 Å². The van der Waals surface area contributed by atoms with Crippen LogP contribution in [0.1, 0.15) is 34.9 Å². The van der Waals surface area contributed by atoms with Gasteiger partial charge in [-0.25, -0.2) is 15.0 Å². The van der Waals surface area contributed by atoms with Crippen LogP contribution in [-0.2, 0) is 25.9 Å². The smallest absolute Gasteiger partial charge is 0.191 e. The van der Waals surface area contributed by atoms with Gasteiger partial charge in [0, 0.05) is 49.5 Å². The number of aliphatic imine (C=N–C) groups is 1. The van der Waals surface area contributed by atoms with E-state index in [1.807, 2.05) is 18.7 Å². The van der Waals surface area contributed by atoms with Crippen molar-refractivity contribution in [3.05, 3.63) is 70.2 Å². The van der Waals surface area contributed by atoms with Gasteiger partial charge in [-0.1, -0.05) is 31.2 Å². The van der Waals surface area contributed by atoms with E-state index in [0.717, 1.165) is 38.4 Å². The van der Waals surface area contributed by atoms with E-state index in [2.05, 4.69) is 63.3 Å². The van der Waals surface area contributed by atoms with Gasteiger partial charge in [0.25, 0.3) is 0 Å². The summed E-state index contributed by atoms with van der Waals surface area (Å²) in [6.45, 7) is 7.40. The average Bonchev–Trinajstić information content (AvgIpc) is 3.39. The Morgan fingerprint density at radius 2 is 1.96 bits per heavy atom. The Hall–Kier alpha value is -2.67. The molecule has 0 fully saturated rings. The highest BCUT2D eigenvalue weighted by Gasteiger charge is 2.02. The van der Waals surface area contributed by atoms with Crippen LogP contribution in [0.3, 0.4) is 0 Å². The van der Waals surface area contributed by atoms with Crippen LogP contribution < -0.4 is 10.6 Å². The molecule has 0 bridgehead atoms. The van der Waals surface area contributed by atoms with Crippen molar-refractivity contribution in [2.75, 3.05) is 13.1 Å². The van der Waals surface area contributed by atoms with Crippen molar-refractivity contribution < 1.29 is 0 Å². The minimum absolute atomic E-state index is 0.651. The quantitative estimate of drug-likeness (QED) is 0.430. The summed E-state index contributed by atoms with van der Waals surface area (Å²) in [5.41, 5.74) is 2.45. The first-order valence-electron chi connectivity index (χ1n) is 9.76. The predicted octanol–water partition coefficient (Wildman–Crippen LogP) is 3.25. The van der Waals surface area contributed by atoms with Crippen LogP contribution in [-0.4, -0.2) is 33.6 Å². The minimum Gasteiger partial charge on any atom is -0.357 e. The summed E-state index contributed by atoms with van der Waals surface area (Å²) in [6, 6.07) is 8.58. The molecule has 3 aromatic rings. The Kier molecular flexibility index (Phi) is 7.61. The number of benzene rings is 1. The maximum atomic E-state index is 4.70. The molecule has 1 aromatic carbocycles. The van der Waals surface area contributed by atoms with Crippen LogP contribution in [0.4, 0.5) is 0 Å². The number of hydrogen-bond donors (Lipinski definition) is 2. The molecule has 2 heterocycles. The first kappa shape index (κ1) is 20.1. The number of thiazole rings is 1. The topological polar surface area (TPSA) is 67.1 Å². The van der Waals surface area contributed by atoms with Gasteiger partial charge in [0.1, 0.15) is 0 Å². The zero-order valence-corrected chi connectivity index (χ0v) is 17.4. The fourth-order valence-corrected chi connectivity index (χ4v) is 3.63. The molecule has 0 saturated heterocycles. The predicted molar refractivity (Wildman–Crippen MR) is 116 cm³/mol. The lowest BCUT2D eigenvalue weighted by molar-refractivity contribution is 0.793. The van der Waals surface area contributed by atoms with Gasteiger partial charge < -0.3 is 15.2 Å². The molecule has 0 radical (unpaired) electrons. The van der Waals surface area contributed by atoms with Gasteiger partial charge in [-0.05, 0) is 24.5 Å². The van der Waals surface area contributed by atoms with E-state index >= 15 is 0 Å². The third kappa shape index (κ3) is 6.20. The van der Waals surface area contributed by atoms with E-state index in [4.69, 9.17) is 4.99 Å². The number of aryl methyl sites for hydroxylation is 1. The average molecular weight is 397 g/mol. The highest BCUT2D eigenvalue weighted by atomic mass is 32.1. The molecule has 0 aliphatic heterocycles. The normalized spacial score (nSPS) is 11.6. The van der Waals surface area contributed by atoms with Crippen molar-refractivity contribution in [2.24, 2.45) is 4.99 Å². The molecular weight excluding hydrogens is 368 g/mol. The Bertz CT molecular complexity index is 851. The van der Waals surface area contributed by atoms with Crippen molar-refractivity contribution in [3.63, 3.8) is 0 Å². The summed E-state index contributed by atoms with van der Waals surface area (Å²) in [7, 11) is 0. The highest BCUT2D eigenvalue weighted by molar-refractivity contribution is 7.11. The van der Waals surface area contributed by atoms with Gasteiger partial charge in [-0.2, -0.15) is 0 Å². The molecule has 0 amide bonds. The number of nitrogens with one attached hydrogen (secondary N) is 2. The van der Waals surface area contributed by atoms with Crippen molar-refractivity contribution in [2.45, 2.75) is 39.8 Å². The Labute approximate surface area is 170 Å². The molecule has 2 aromatic heterocycles. The molecule has 0 saturated carbocycles. The molecule has 0 aliphatic carbocycles. The largest absolute Gasteiger partial charge is 0.357 e. The SMILES string of the molecule is CCNC(=NCc1ccc(Cn2ccnc2)cc1)NCCc1ncc(CC)s1. The van der Waals surface area contributed by atoms with E-state index in [1.165, 1.54) is 21.0 Å². The fourth-order valence-electron chi connectivity index (χ4n) is 2.77. The van der Waals surface area contributed by atoms with Crippen molar-refractivity contribution in [1.29, 1.82) is 0 Å².